The molecule has 0 spiro atoms. The average molecular weight is 291 g/mol. The van der Waals surface area contributed by atoms with E-state index in [9.17, 15) is 0 Å². The van der Waals surface area contributed by atoms with E-state index in [1.54, 1.807) is 14.2 Å². The van der Waals surface area contributed by atoms with E-state index in [2.05, 4.69) is 9.80 Å². The third kappa shape index (κ3) is 2.75. The molecular formula is C16H25N3O2. The normalized spacial score (nSPS) is 22.8. The van der Waals surface area contributed by atoms with Crippen LogP contribution in [0, 0.1) is 0 Å². The molecule has 3 rings (SSSR count). The van der Waals surface area contributed by atoms with Gasteiger partial charge in [0.25, 0.3) is 0 Å². The molecule has 21 heavy (non-hydrogen) atoms. The lowest BCUT2D eigenvalue weighted by Gasteiger charge is -2.25. The molecule has 2 aliphatic rings. The van der Waals surface area contributed by atoms with Crippen molar-refractivity contribution in [3.05, 3.63) is 12.1 Å². The van der Waals surface area contributed by atoms with Crippen LogP contribution in [0.4, 0.5) is 11.4 Å². The van der Waals surface area contributed by atoms with E-state index in [4.69, 9.17) is 15.2 Å². The minimum absolute atomic E-state index is 0.667. The van der Waals surface area contributed by atoms with E-state index in [0.29, 0.717) is 11.8 Å². The number of likely N-dealkylation sites (tertiary alicyclic amines) is 1. The third-order valence-electron chi connectivity index (χ3n) is 4.69. The minimum atomic E-state index is 0.667. The fraction of sp³-hybridized carbons (Fsp3) is 0.625. The van der Waals surface area contributed by atoms with Crippen LogP contribution in [-0.2, 0) is 0 Å². The molecule has 0 amide bonds. The van der Waals surface area contributed by atoms with Crippen LogP contribution in [0.3, 0.4) is 0 Å². The summed E-state index contributed by atoms with van der Waals surface area (Å²) < 4.78 is 10.7. The van der Waals surface area contributed by atoms with Gasteiger partial charge in [-0.05, 0) is 32.4 Å². The van der Waals surface area contributed by atoms with Gasteiger partial charge in [-0.1, -0.05) is 0 Å². The summed E-state index contributed by atoms with van der Waals surface area (Å²) in [6.07, 6.45) is 3.90. The number of benzene rings is 1. The Hall–Kier alpha value is -1.62. The molecule has 0 saturated carbocycles. The van der Waals surface area contributed by atoms with Crippen molar-refractivity contribution in [2.24, 2.45) is 0 Å². The van der Waals surface area contributed by atoms with Crippen molar-refractivity contribution in [3.63, 3.8) is 0 Å². The van der Waals surface area contributed by atoms with Crippen molar-refractivity contribution in [3.8, 4) is 11.5 Å². The van der Waals surface area contributed by atoms with Crippen molar-refractivity contribution in [1.82, 2.24) is 4.90 Å². The zero-order chi connectivity index (χ0) is 14.8. The predicted molar refractivity (Wildman–Crippen MR) is 85.4 cm³/mol. The average Bonchev–Trinajstić information content (AvgIpc) is 3.17. The van der Waals surface area contributed by atoms with Gasteiger partial charge in [-0.3, -0.25) is 4.90 Å². The van der Waals surface area contributed by atoms with Gasteiger partial charge in [0, 0.05) is 31.3 Å². The lowest BCUT2D eigenvalue weighted by atomic mass is 10.2. The highest BCUT2D eigenvalue weighted by Gasteiger charge is 2.30. The van der Waals surface area contributed by atoms with E-state index in [1.807, 2.05) is 12.1 Å². The Labute approximate surface area is 126 Å². The predicted octanol–water partition coefficient (Wildman–Crippen LogP) is 1.96. The summed E-state index contributed by atoms with van der Waals surface area (Å²) >= 11 is 0. The SMILES string of the molecule is COc1cc(N)c(N2CCC(N3CCCC3)C2)cc1OC. The smallest absolute Gasteiger partial charge is 0.162 e. The standard InChI is InChI=1S/C16H25N3O2/c1-20-15-9-13(17)14(10-16(15)21-2)19-8-5-12(11-19)18-6-3-4-7-18/h9-10,12H,3-8,11,17H2,1-2H3. The van der Waals surface area contributed by atoms with Gasteiger partial charge in [-0.25, -0.2) is 0 Å². The number of hydrogen-bond donors (Lipinski definition) is 1. The lowest BCUT2D eigenvalue weighted by molar-refractivity contribution is 0.260. The van der Waals surface area contributed by atoms with Gasteiger partial charge in [0.15, 0.2) is 11.5 Å². The summed E-state index contributed by atoms with van der Waals surface area (Å²) in [6.45, 7) is 4.61. The number of methoxy groups -OCH3 is 2. The Kier molecular flexibility index (Phi) is 4.10. The van der Waals surface area contributed by atoms with Crippen LogP contribution in [0.2, 0.25) is 0 Å². The van der Waals surface area contributed by atoms with E-state index in [0.717, 1.165) is 30.2 Å². The molecule has 0 aliphatic carbocycles. The van der Waals surface area contributed by atoms with Crippen molar-refractivity contribution < 1.29 is 9.47 Å². The van der Waals surface area contributed by atoms with Crippen molar-refractivity contribution >= 4 is 11.4 Å². The second-order valence-electron chi connectivity index (χ2n) is 5.90. The molecular weight excluding hydrogens is 266 g/mol. The number of anilines is 2. The van der Waals surface area contributed by atoms with Crippen molar-refractivity contribution in [2.45, 2.75) is 25.3 Å². The fourth-order valence-electron chi connectivity index (χ4n) is 3.52. The summed E-state index contributed by atoms with van der Waals surface area (Å²) in [6, 6.07) is 4.53. The molecule has 116 valence electrons. The van der Waals surface area contributed by atoms with Crippen LogP contribution in [-0.4, -0.2) is 51.3 Å². The van der Waals surface area contributed by atoms with Gasteiger partial charge < -0.3 is 20.1 Å². The molecule has 0 bridgehead atoms. The first-order valence-electron chi connectivity index (χ1n) is 7.73. The monoisotopic (exact) mass is 291 g/mol. The number of nitrogen functional groups attached to an aromatic ring is 1. The van der Waals surface area contributed by atoms with Crippen LogP contribution in [0.25, 0.3) is 0 Å². The summed E-state index contributed by atoms with van der Waals surface area (Å²) in [5.74, 6) is 1.43. The second-order valence-corrected chi connectivity index (χ2v) is 5.90. The highest BCUT2D eigenvalue weighted by atomic mass is 16.5. The second kappa shape index (κ2) is 6.02. The molecule has 2 saturated heterocycles. The van der Waals surface area contributed by atoms with Crippen LogP contribution < -0.4 is 20.1 Å². The maximum absolute atomic E-state index is 6.21. The quantitative estimate of drug-likeness (QED) is 0.860. The Morgan fingerprint density at radius 1 is 1.05 bits per heavy atom. The maximum atomic E-state index is 6.21. The summed E-state index contributed by atoms with van der Waals surface area (Å²) in [4.78, 5) is 5.00. The van der Waals surface area contributed by atoms with Crippen LogP contribution in [0.1, 0.15) is 19.3 Å². The lowest BCUT2D eigenvalue weighted by Crippen LogP contribution is -2.35. The molecule has 1 aromatic rings. The van der Waals surface area contributed by atoms with Gasteiger partial charge in [0.2, 0.25) is 0 Å². The zero-order valence-corrected chi connectivity index (χ0v) is 13.0. The molecule has 1 unspecified atom stereocenters. The van der Waals surface area contributed by atoms with Crippen LogP contribution >= 0.6 is 0 Å². The largest absolute Gasteiger partial charge is 0.493 e. The Balaban J connectivity index is 1.77. The Morgan fingerprint density at radius 3 is 2.38 bits per heavy atom. The number of nitrogens with zero attached hydrogens (tertiary/aromatic N) is 2. The highest BCUT2D eigenvalue weighted by Crippen LogP contribution is 2.38. The van der Waals surface area contributed by atoms with E-state index < -0.39 is 0 Å². The van der Waals surface area contributed by atoms with Crippen molar-refractivity contribution in [1.29, 1.82) is 0 Å². The first-order chi connectivity index (χ1) is 10.2. The summed E-state index contributed by atoms with van der Waals surface area (Å²) in [7, 11) is 3.30. The maximum Gasteiger partial charge on any atom is 0.162 e. The molecule has 1 atom stereocenters. The molecule has 1 aromatic carbocycles. The van der Waals surface area contributed by atoms with E-state index in [-0.39, 0.29) is 0 Å². The summed E-state index contributed by atoms with van der Waals surface area (Å²) in [5, 5.41) is 0. The molecule has 2 N–H and O–H groups in total. The first-order valence-corrected chi connectivity index (χ1v) is 7.73. The molecule has 2 fully saturated rings. The Bertz CT molecular complexity index is 501. The molecule has 2 heterocycles. The first kappa shape index (κ1) is 14.3. The molecule has 2 aliphatic heterocycles. The van der Waals surface area contributed by atoms with Crippen LogP contribution in [0.15, 0.2) is 12.1 Å². The fourth-order valence-corrected chi connectivity index (χ4v) is 3.52. The van der Waals surface area contributed by atoms with Gasteiger partial charge in [-0.2, -0.15) is 0 Å². The number of rotatable bonds is 4. The third-order valence-corrected chi connectivity index (χ3v) is 4.69. The van der Waals surface area contributed by atoms with Gasteiger partial charge in [0.1, 0.15) is 0 Å². The highest BCUT2D eigenvalue weighted by molar-refractivity contribution is 5.73. The summed E-state index contributed by atoms with van der Waals surface area (Å²) in [5.41, 5.74) is 8.03. The van der Waals surface area contributed by atoms with E-state index >= 15 is 0 Å². The molecule has 5 nitrogen and oxygen atoms in total. The Morgan fingerprint density at radius 2 is 1.71 bits per heavy atom. The van der Waals surface area contributed by atoms with Gasteiger partial charge >= 0.3 is 0 Å². The zero-order valence-electron chi connectivity index (χ0n) is 13.0. The number of ether oxygens (including phenoxy) is 2. The molecule has 0 radical (unpaired) electrons. The van der Waals surface area contributed by atoms with Gasteiger partial charge in [0.05, 0.1) is 25.6 Å². The molecule has 5 heteroatoms. The van der Waals surface area contributed by atoms with E-state index in [1.165, 1.54) is 32.4 Å². The number of nitrogens with two attached hydrogens (primary N) is 1. The van der Waals surface area contributed by atoms with Crippen LogP contribution in [0.5, 0.6) is 11.5 Å². The van der Waals surface area contributed by atoms with Gasteiger partial charge in [-0.15, -0.1) is 0 Å². The number of hydrogen-bond acceptors (Lipinski definition) is 5. The van der Waals surface area contributed by atoms with Crippen molar-refractivity contribution in [2.75, 3.05) is 51.0 Å². The topological polar surface area (TPSA) is 51.0 Å². The molecule has 0 aromatic heterocycles. The minimum Gasteiger partial charge on any atom is -0.493 e.